The molecule has 5 heteroatoms. The molecule has 0 spiro atoms. The molecular weight excluding hydrogens is 194 g/mol. The van der Waals surface area contributed by atoms with Gasteiger partial charge in [0.05, 0.1) is 6.61 Å². The molecule has 1 atom stereocenters. The molecule has 0 N–H and O–H groups in total. The van der Waals surface area contributed by atoms with Crippen LogP contribution in [-0.2, 0) is 14.3 Å². The van der Waals surface area contributed by atoms with Crippen molar-refractivity contribution >= 4 is 11.8 Å². The van der Waals surface area contributed by atoms with Gasteiger partial charge in [-0.05, 0) is 13.3 Å². The van der Waals surface area contributed by atoms with E-state index in [2.05, 4.69) is 4.74 Å². The Bertz CT molecular complexity index is 250. The number of alkyl halides is 2. The molecule has 1 saturated carbocycles. The van der Waals surface area contributed by atoms with Gasteiger partial charge >= 0.3 is 11.9 Å². The molecule has 0 saturated heterocycles. The fourth-order valence-electron chi connectivity index (χ4n) is 1.52. The first-order chi connectivity index (χ1) is 6.48. The Labute approximate surface area is 80.4 Å². The molecule has 0 bridgehead atoms. The van der Waals surface area contributed by atoms with Gasteiger partial charge in [0.1, 0.15) is 5.78 Å². The molecular formula is C9H12F2O3. The van der Waals surface area contributed by atoms with Gasteiger partial charge < -0.3 is 4.74 Å². The van der Waals surface area contributed by atoms with Crippen molar-refractivity contribution in [3.63, 3.8) is 0 Å². The molecule has 0 amide bonds. The third-order valence-corrected chi connectivity index (χ3v) is 2.31. The van der Waals surface area contributed by atoms with E-state index in [4.69, 9.17) is 0 Å². The number of carbonyl (C=O) groups excluding carboxylic acids is 2. The summed E-state index contributed by atoms with van der Waals surface area (Å²) in [5, 5.41) is 0. The molecule has 1 aliphatic rings. The van der Waals surface area contributed by atoms with Gasteiger partial charge in [-0.25, -0.2) is 4.79 Å². The first kappa shape index (κ1) is 11.1. The van der Waals surface area contributed by atoms with Crippen LogP contribution in [0.25, 0.3) is 0 Å². The van der Waals surface area contributed by atoms with Crippen LogP contribution in [0.15, 0.2) is 0 Å². The SMILES string of the molecule is CCOC(=O)C(F)(F)[C@H]1CCC(=O)C1. The molecule has 80 valence electrons. The first-order valence-electron chi connectivity index (χ1n) is 4.55. The summed E-state index contributed by atoms with van der Waals surface area (Å²) in [4.78, 5) is 21.7. The molecule has 1 fully saturated rings. The van der Waals surface area contributed by atoms with Crippen LogP contribution in [0.2, 0.25) is 0 Å². The largest absolute Gasteiger partial charge is 0.462 e. The lowest BCUT2D eigenvalue weighted by atomic mass is 10.00. The monoisotopic (exact) mass is 206 g/mol. The summed E-state index contributed by atoms with van der Waals surface area (Å²) in [6.45, 7) is 1.39. The lowest BCUT2D eigenvalue weighted by Gasteiger charge is -2.19. The predicted octanol–water partition coefficient (Wildman–Crippen LogP) is 1.55. The smallest absolute Gasteiger partial charge is 0.377 e. The van der Waals surface area contributed by atoms with Crippen LogP contribution >= 0.6 is 0 Å². The van der Waals surface area contributed by atoms with Gasteiger partial charge in [0.2, 0.25) is 0 Å². The molecule has 14 heavy (non-hydrogen) atoms. The minimum atomic E-state index is -3.51. The quantitative estimate of drug-likeness (QED) is 0.658. The minimum Gasteiger partial charge on any atom is -0.462 e. The second kappa shape index (κ2) is 4.02. The van der Waals surface area contributed by atoms with Crippen molar-refractivity contribution in [2.24, 2.45) is 5.92 Å². The maximum Gasteiger partial charge on any atom is 0.377 e. The fourth-order valence-corrected chi connectivity index (χ4v) is 1.52. The van der Waals surface area contributed by atoms with Crippen molar-refractivity contribution in [2.75, 3.05) is 6.61 Å². The predicted molar refractivity (Wildman–Crippen MR) is 43.9 cm³/mol. The van der Waals surface area contributed by atoms with E-state index in [1.807, 2.05) is 0 Å². The van der Waals surface area contributed by atoms with Crippen molar-refractivity contribution in [1.82, 2.24) is 0 Å². The third-order valence-electron chi connectivity index (χ3n) is 2.31. The van der Waals surface area contributed by atoms with E-state index in [0.29, 0.717) is 0 Å². The molecule has 0 unspecified atom stereocenters. The topological polar surface area (TPSA) is 43.4 Å². The van der Waals surface area contributed by atoms with Gasteiger partial charge in [0.25, 0.3) is 0 Å². The highest BCUT2D eigenvalue weighted by atomic mass is 19.3. The standard InChI is InChI=1S/C9H12F2O3/c1-2-14-8(13)9(10,11)6-3-4-7(12)5-6/h6H,2-5H2,1H3/t6-/m0/s1. The van der Waals surface area contributed by atoms with Crippen molar-refractivity contribution in [3.05, 3.63) is 0 Å². The Hall–Kier alpha value is -1.00. The Morgan fingerprint density at radius 1 is 1.64 bits per heavy atom. The van der Waals surface area contributed by atoms with Crippen LogP contribution in [0.1, 0.15) is 26.2 Å². The fraction of sp³-hybridized carbons (Fsp3) is 0.778. The maximum atomic E-state index is 13.3. The third kappa shape index (κ3) is 2.08. The Kier molecular flexibility index (Phi) is 3.18. The zero-order chi connectivity index (χ0) is 10.8. The summed E-state index contributed by atoms with van der Waals surface area (Å²) in [5.41, 5.74) is 0. The highest BCUT2D eigenvalue weighted by Crippen LogP contribution is 2.37. The number of ketones is 1. The Balaban J connectivity index is 2.64. The molecule has 1 aliphatic carbocycles. The van der Waals surface area contributed by atoms with Crippen LogP contribution in [0.4, 0.5) is 8.78 Å². The van der Waals surface area contributed by atoms with Gasteiger partial charge in [0.15, 0.2) is 0 Å². The van der Waals surface area contributed by atoms with E-state index < -0.39 is 17.8 Å². The van der Waals surface area contributed by atoms with Gasteiger partial charge in [0, 0.05) is 18.8 Å². The van der Waals surface area contributed by atoms with Crippen LogP contribution in [-0.4, -0.2) is 24.3 Å². The molecule has 0 radical (unpaired) electrons. The molecule has 0 aliphatic heterocycles. The normalized spacial score (nSPS) is 22.5. The highest BCUT2D eigenvalue weighted by Gasteiger charge is 2.50. The summed E-state index contributed by atoms with van der Waals surface area (Å²) in [6, 6.07) is 0. The molecule has 0 aromatic rings. The van der Waals surface area contributed by atoms with Gasteiger partial charge in [-0.15, -0.1) is 0 Å². The lowest BCUT2D eigenvalue weighted by molar-refractivity contribution is -0.179. The number of rotatable bonds is 3. The number of hydrogen-bond donors (Lipinski definition) is 0. The lowest BCUT2D eigenvalue weighted by Crippen LogP contribution is -2.37. The van der Waals surface area contributed by atoms with Crippen molar-refractivity contribution < 1.29 is 23.1 Å². The number of Topliss-reactive ketones (excluding diaryl/α,β-unsaturated/α-hetero) is 1. The van der Waals surface area contributed by atoms with Crippen molar-refractivity contribution in [1.29, 1.82) is 0 Å². The molecule has 0 aromatic carbocycles. The average molecular weight is 206 g/mol. The first-order valence-corrected chi connectivity index (χ1v) is 4.55. The van der Waals surface area contributed by atoms with E-state index in [9.17, 15) is 18.4 Å². The second-order valence-electron chi connectivity index (χ2n) is 3.32. The van der Waals surface area contributed by atoms with Crippen LogP contribution in [0, 0.1) is 5.92 Å². The average Bonchev–Trinajstić information content (AvgIpc) is 2.52. The van der Waals surface area contributed by atoms with Gasteiger partial charge in [-0.1, -0.05) is 0 Å². The van der Waals surface area contributed by atoms with Crippen molar-refractivity contribution in [2.45, 2.75) is 32.1 Å². The summed E-state index contributed by atoms with van der Waals surface area (Å²) >= 11 is 0. The van der Waals surface area contributed by atoms with Crippen molar-refractivity contribution in [3.8, 4) is 0 Å². The number of carbonyl (C=O) groups is 2. The summed E-state index contributed by atoms with van der Waals surface area (Å²) in [6.07, 6.45) is -0.00385. The summed E-state index contributed by atoms with van der Waals surface area (Å²) < 4.78 is 30.8. The zero-order valence-corrected chi connectivity index (χ0v) is 7.89. The molecule has 0 heterocycles. The van der Waals surface area contributed by atoms with Gasteiger partial charge in [-0.3, -0.25) is 4.79 Å². The van der Waals surface area contributed by atoms with E-state index in [-0.39, 0.29) is 31.7 Å². The molecule has 3 nitrogen and oxygen atoms in total. The minimum absolute atomic E-state index is 0.0741. The van der Waals surface area contributed by atoms with E-state index in [0.717, 1.165) is 0 Å². The highest BCUT2D eigenvalue weighted by molar-refractivity contribution is 5.84. The second-order valence-corrected chi connectivity index (χ2v) is 3.32. The van der Waals surface area contributed by atoms with E-state index >= 15 is 0 Å². The zero-order valence-electron chi connectivity index (χ0n) is 7.89. The van der Waals surface area contributed by atoms with E-state index in [1.54, 1.807) is 0 Å². The van der Waals surface area contributed by atoms with Crippen LogP contribution in [0.5, 0.6) is 0 Å². The number of ether oxygens (including phenoxy) is 1. The molecule has 0 aromatic heterocycles. The Morgan fingerprint density at radius 2 is 2.29 bits per heavy atom. The van der Waals surface area contributed by atoms with Gasteiger partial charge in [-0.2, -0.15) is 8.78 Å². The number of hydrogen-bond acceptors (Lipinski definition) is 3. The summed E-state index contributed by atoms with van der Waals surface area (Å²) in [5.74, 6) is -6.41. The van der Waals surface area contributed by atoms with Crippen LogP contribution in [0.3, 0.4) is 0 Å². The number of esters is 1. The number of halogens is 2. The maximum absolute atomic E-state index is 13.3. The Morgan fingerprint density at radius 3 is 2.71 bits per heavy atom. The van der Waals surface area contributed by atoms with Crippen LogP contribution < -0.4 is 0 Å². The van der Waals surface area contributed by atoms with E-state index in [1.165, 1.54) is 6.92 Å². The molecule has 1 rings (SSSR count). The summed E-state index contributed by atoms with van der Waals surface area (Å²) in [7, 11) is 0.